The minimum absolute atomic E-state index is 0.0423. The molecule has 1 unspecified atom stereocenters. The lowest BCUT2D eigenvalue weighted by Crippen LogP contribution is -2.13. The second-order valence-electron chi connectivity index (χ2n) is 3.28. The van der Waals surface area contributed by atoms with Gasteiger partial charge >= 0.3 is 0 Å². The summed E-state index contributed by atoms with van der Waals surface area (Å²) in [6, 6.07) is 5.20. The lowest BCUT2D eigenvalue weighted by Gasteiger charge is -2.15. The standard InChI is InChI=1S/C11H11O2P/c12-9-3-1-2-7-4-5-8(6-14)11(13)10(7)9/h1-3,5,12H,4,6,14H2. The average molecular weight is 206 g/mol. The van der Waals surface area contributed by atoms with Crippen LogP contribution in [0.5, 0.6) is 5.75 Å². The van der Waals surface area contributed by atoms with E-state index >= 15 is 0 Å². The monoisotopic (exact) mass is 206 g/mol. The number of Topliss-reactive ketones (excluding diaryl/α,β-unsaturated/α-hetero) is 1. The summed E-state index contributed by atoms with van der Waals surface area (Å²) in [6.07, 6.45) is 3.31. The number of phenols is 1. The Balaban J connectivity index is 2.55. The number of fused-ring (bicyclic) bond motifs is 1. The first-order valence-electron chi connectivity index (χ1n) is 4.48. The largest absolute Gasteiger partial charge is 0.507 e. The Hall–Kier alpha value is -1.14. The second-order valence-corrected chi connectivity index (χ2v) is 3.69. The fourth-order valence-electron chi connectivity index (χ4n) is 1.68. The van der Waals surface area contributed by atoms with Crippen LogP contribution in [0, 0.1) is 0 Å². The van der Waals surface area contributed by atoms with Crippen LogP contribution in [0.1, 0.15) is 15.9 Å². The highest BCUT2D eigenvalue weighted by molar-refractivity contribution is 7.17. The van der Waals surface area contributed by atoms with E-state index in [2.05, 4.69) is 9.24 Å². The molecule has 1 aromatic rings. The number of benzene rings is 1. The number of allylic oxidation sites excluding steroid dienone is 2. The van der Waals surface area contributed by atoms with Gasteiger partial charge in [0, 0.05) is 5.57 Å². The lowest BCUT2D eigenvalue weighted by molar-refractivity contribution is 0.102. The molecule has 1 atom stereocenters. The number of carbonyl (C=O) groups is 1. The van der Waals surface area contributed by atoms with Gasteiger partial charge in [-0.1, -0.05) is 18.2 Å². The van der Waals surface area contributed by atoms with Crippen LogP contribution in [-0.4, -0.2) is 17.1 Å². The van der Waals surface area contributed by atoms with E-state index in [1.54, 1.807) is 12.1 Å². The van der Waals surface area contributed by atoms with Crippen molar-refractivity contribution in [2.45, 2.75) is 6.42 Å². The van der Waals surface area contributed by atoms with Crippen LogP contribution < -0.4 is 0 Å². The zero-order chi connectivity index (χ0) is 10.1. The highest BCUT2D eigenvalue weighted by Crippen LogP contribution is 2.28. The Morgan fingerprint density at radius 1 is 1.43 bits per heavy atom. The third-order valence-electron chi connectivity index (χ3n) is 2.44. The predicted molar refractivity (Wildman–Crippen MR) is 58.8 cm³/mol. The van der Waals surface area contributed by atoms with Gasteiger partial charge in [0.25, 0.3) is 0 Å². The maximum atomic E-state index is 11.8. The summed E-state index contributed by atoms with van der Waals surface area (Å²) < 4.78 is 0. The normalized spacial score (nSPS) is 14.9. The Morgan fingerprint density at radius 3 is 2.93 bits per heavy atom. The van der Waals surface area contributed by atoms with E-state index in [1.807, 2.05) is 12.1 Å². The predicted octanol–water partition coefficient (Wildman–Crippen LogP) is 1.93. The second kappa shape index (κ2) is 3.55. The van der Waals surface area contributed by atoms with Crippen molar-refractivity contribution < 1.29 is 9.90 Å². The molecule has 1 N–H and O–H groups in total. The van der Waals surface area contributed by atoms with Gasteiger partial charge in [-0.2, -0.15) is 0 Å². The molecule has 0 bridgehead atoms. The number of rotatable bonds is 1. The van der Waals surface area contributed by atoms with E-state index in [9.17, 15) is 9.90 Å². The van der Waals surface area contributed by atoms with Gasteiger partial charge in [-0.15, -0.1) is 9.24 Å². The van der Waals surface area contributed by atoms with E-state index in [4.69, 9.17) is 0 Å². The van der Waals surface area contributed by atoms with Crippen molar-refractivity contribution in [1.29, 1.82) is 0 Å². The molecule has 0 aliphatic heterocycles. The van der Waals surface area contributed by atoms with Crippen molar-refractivity contribution in [1.82, 2.24) is 0 Å². The van der Waals surface area contributed by atoms with Crippen LogP contribution in [0.25, 0.3) is 0 Å². The molecule has 0 heterocycles. The third-order valence-corrected chi connectivity index (χ3v) is 2.88. The summed E-state index contributed by atoms with van der Waals surface area (Å²) >= 11 is 0. The first kappa shape index (κ1) is 9.42. The molecule has 1 aromatic carbocycles. The topological polar surface area (TPSA) is 37.3 Å². The zero-order valence-electron chi connectivity index (χ0n) is 7.66. The Morgan fingerprint density at radius 2 is 2.21 bits per heavy atom. The Bertz CT molecular complexity index is 421. The molecule has 1 aliphatic rings. The molecule has 2 rings (SSSR count). The molecule has 0 spiro atoms. The maximum absolute atomic E-state index is 11.8. The highest BCUT2D eigenvalue weighted by atomic mass is 31.0. The van der Waals surface area contributed by atoms with Gasteiger partial charge in [0.1, 0.15) is 5.75 Å². The van der Waals surface area contributed by atoms with E-state index in [-0.39, 0.29) is 11.5 Å². The van der Waals surface area contributed by atoms with Crippen LogP contribution in [0.4, 0.5) is 0 Å². The van der Waals surface area contributed by atoms with Crippen LogP contribution in [0.15, 0.2) is 29.8 Å². The number of hydrogen-bond donors (Lipinski definition) is 1. The lowest BCUT2D eigenvalue weighted by atomic mass is 9.90. The molecule has 0 radical (unpaired) electrons. The molecule has 14 heavy (non-hydrogen) atoms. The molecule has 3 heteroatoms. The van der Waals surface area contributed by atoms with Gasteiger partial charge in [-0.05, 0) is 24.2 Å². The van der Waals surface area contributed by atoms with Crippen molar-refractivity contribution in [3.05, 3.63) is 41.0 Å². The van der Waals surface area contributed by atoms with Crippen LogP contribution in [0.3, 0.4) is 0 Å². The van der Waals surface area contributed by atoms with Crippen molar-refractivity contribution in [3.8, 4) is 5.75 Å². The first-order valence-corrected chi connectivity index (χ1v) is 5.30. The third kappa shape index (κ3) is 1.36. The summed E-state index contributed by atoms with van der Waals surface area (Å²) in [5.41, 5.74) is 2.16. The van der Waals surface area contributed by atoms with Crippen molar-refractivity contribution in [2.24, 2.45) is 0 Å². The molecule has 2 nitrogen and oxygen atoms in total. The molecule has 0 saturated carbocycles. The number of phenolic OH excluding ortho intramolecular Hbond substituents is 1. The molecule has 0 fully saturated rings. The fourth-order valence-corrected chi connectivity index (χ4v) is 2.03. The smallest absolute Gasteiger partial charge is 0.193 e. The number of ketones is 1. The summed E-state index contributed by atoms with van der Waals surface area (Å²) in [7, 11) is 2.53. The summed E-state index contributed by atoms with van der Waals surface area (Å²) in [5, 5.41) is 9.59. The molecule has 1 aliphatic carbocycles. The molecule has 72 valence electrons. The van der Waals surface area contributed by atoms with Crippen LogP contribution in [0.2, 0.25) is 0 Å². The van der Waals surface area contributed by atoms with Gasteiger partial charge in [0.2, 0.25) is 0 Å². The van der Waals surface area contributed by atoms with E-state index < -0.39 is 0 Å². The van der Waals surface area contributed by atoms with Gasteiger partial charge in [-0.25, -0.2) is 0 Å². The maximum Gasteiger partial charge on any atom is 0.193 e. The summed E-state index contributed by atoms with van der Waals surface area (Å²) in [5.74, 6) is 0.0518. The highest BCUT2D eigenvalue weighted by Gasteiger charge is 2.21. The van der Waals surface area contributed by atoms with E-state index in [1.165, 1.54) is 0 Å². The minimum Gasteiger partial charge on any atom is -0.507 e. The van der Waals surface area contributed by atoms with Gasteiger partial charge in [0.05, 0.1) is 5.56 Å². The van der Waals surface area contributed by atoms with E-state index in [0.29, 0.717) is 11.7 Å². The van der Waals surface area contributed by atoms with Crippen LogP contribution >= 0.6 is 9.24 Å². The SMILES string of the molecule is O=C1C(CP)=CCc2cccc(O)c21. The minimum atomic E-state index is -0.0423. The first-order chi connectivity index (χ1) is 6.74. The molecular weight excluding hydrogens is 195 g/mol. The van der Waals surface area contributed by atoms with Gasteiger partial charge < -0.3 is 5.11 Å². The fraction of sp³-hybridized carbons (Fsp3) is 0.182. The quantitative estimate of drug-likeness (QED) is 0.713. The summed E-state index contributed by atoms with van der Waals surface area (Å²) in [4.78, 5) is 11.8. The van der Waals surface area contributed by atoms with Crippen molar-refractivity contribution in [2.75, 3.05) is 6.16 Å². The van der Waals surface area contributed by atoms with Gasteiger partial charge in [-0.3, -0.25) is 4.79 Å². The van der Waals surface area contributed by atoms with Crippen LogP contribution in [-0.2, 0) is 6.42 Å². The van der Waals surface area contributed by atoms with Crippen molar-refractivity contribution >= 4 is 15.0 Å². The zero-order valence-corrected chi connectivity index (χ0v) is 8.81. The number of hydrogen-bond acceptors (Lipinski definition) is 2. The Labute approximate surface area is 84.8 Å². The van der Waals surface area contributed by atoms with E-state index in [0.717, 1.165) is 17.6 Å². The molecule has 0 aromatic heterocycles. The molecule has 0 saturated heterocycles. The Kier molecular flexibility index (Phi) is 2.39. The number of carbonyl (C=O) groups excluding carboxylic acids is 1. The van der Waals surface area contributed by atoms with Crippen molar-refractivity contribution in [3.63, 3.8) is 0 Å². The molecular formula is C11H11O2P. The van der Waals surface area contributed by atoms with Gasteiger partial charge in [0.15, 0.2) is 5.78 Å². The number of aromatic hydroxyl groups is 1. The average Bonchev–Trinajstić information content (AvgIpc) is 2.18. The molecule has 0 amide bonds. The summed E-state index contributed by atoms with van der Waals surface area (Å²) in [6.45, 7) is 0.